The molecule has 1 atom stereocenters. The van der Waals surface area contributed by atoms with Crippen molar-refractivity contribution in [2.24, 2.45) is 0 Å². The number of rotatable bonds is 4. The van der Waals surface area contributed by atoms with Crippen LogP contribution >= 0.6 is 0 Å². The Bertz CT molecular complexity index is 520. The first-order valence-corrected chi connectivity index (χ1v) is 6.17. The molecule has 1 unspecified atom stereocenters. The van der Waals surface area contributed by atoms with Crippen LogP contribution in [0.3, 0.4) is 0 Å². The second-order valence-corrected chi connectivity index (χ2v) is 4.15. The Morgan fingerprint density at radius 2 is 2.16 bits per heavy atom. The fraction of sp³-hybridized carbons (Fsp3) is 0.286. The maximum absolute atomic E-state index is 12.0. The van der Waals surface area contributed by atoms with Crippen molar-refractivity contribution < 1.29 is 9.53 Å². The fourth-order valence-electron chi connectivity index (χ4n) is 1.86. The topological polar surface area (TPSA) is 56.2 Å². The van der Waals surface area contributed by atoms with Crippen LogP contribution < -0.4 is 10.1 Å². The zero-order chi connectivity index (χ0) is 13.7. The van der Waals surface area contributed by atoms with Crippen LogP contribution in [0, 0.1) is 0 Å². The molecule has 1 aromatic heterocycles. The normalized spacial score (nSPS) is 11.9. The number of imidazole rings is 1. The molecule has 0 radical (unpaired) electrons. The molecule has 100 valence electrons. The van der Waals surface area contributed by atoms with Crippen molar-refractivity contribution in [1.29, 1.82) is 0 Å². The lowest BCUT2D eigenvalue weighted by Gasteiger charge is -2.17. The van der Waals surface area contributed by atoms with Crippen molar-refractivity contribution in [1.82, 2.24) is 14.9 Å². The Balaban J connectivity index is 2.09. The average Bonchev–Trinajstić information content (AvgIpc) is 2.99. The van der Waals surface area contributed by atoms with Gasteiger partial charge < -0.3 is 10.1 Å². The molecular formula is C14H17N3O2. The lowest BCUT2D eigenvalue weighted by atomic mass is 10.0. The molecule has 2 rings (SSSR count). The molecule has 0 saturated heterocycles. The van der Waals surface area contributed by atoms with E-state index >= 15 is 0 Å². The second-order valence-electron chi connectivity index (χ2n) is 4.15. The molecule has 1 aromatic carbocycles. The molecule has 1 N–H and O–H groups in total. The summed E-state index contributed by atoms with van der Waals surface area (Å²) in [7, 11) is 1.63. The van der Waals surface area contributed by atoms with Crippen molar-refractivity contribution in [2.75, 3.05) is 7.11 Å². The van der Waals surface area contributed by atoms with Crippen LogP contribution in [0.15, 0.2) is 43.0 Å². The summed E-state index contributed by atoms with van der Waals surface area (Å²) < 4.78 is 6.55. The van der Waals surface area contributed by atoms with Gasteiger partial charge >= 0.3 is 6.03 Å². The molecular weight excluding hydrogens is 242 g/mol. The summed E-state index contributed by atoms with van der Waals surface area (Å²) in [5.74, 6) is 0.805. The first-order chi connectivity index (χ1) is 9.24. The van der Waals surface area contributed by atoms with Crippen LogP contribution in [-0.2, 0) is 0 Å². The lowest BCUT2D eigenvalue weighted by molar-refractivity contribution is 0.238. The Morgan fingerprint density at radius 1 is 1.42 bits per heavy atom. The highest BCUT2D eigenvalue weighted by atomic mass is 16.5. The molecule has 5 heteroatoms. The van der Waals surface area contributed by atoms with E-state index in [1.807, 2.05) is 31.2 Å². The predicted octanol–water partition coefficient (Wildman–Crippen LogP) is 2.60. The lowest BCUT2D eigenvalue weighted by Crippen LogP contribution is -2.31. The van der Waals surface area contributed by atoms with Gasteiger partial charge in [-0.05, 0) is 24.1 Å². The first kappa shape index (κ1) is 13.1. The van der Waals surface area contributed by atoms with Crippen LogP contribution in [0.5, 0.6) is 5.75 Å². The molecule has 5 nitrogen and oxygen atoms in total. The number of benzene rings is 1. The van der Waals surface area contributed by atoms with Gasteiger partial charge in [-0.15, -0.1) is 0 Å². The Labute approximate surface area is 112 Å². The van der Waals surface area contributed by atoms with Crippen LogP contribution in [0.2, 0.25) is 0 Å². The van der Waals surface area contributed by atoms with Gasteiger partial charge in [0, 0.05) is 12.4 Å². The summed E-state index contributed by atoms with van der Waals surface area (Å²) in [6.07, 6.45) is 5.49. The van der Waals surface area contributed by atoms with E-state index in [1.54, 1.807) is 19.5 Å². The fourth-order valence-corrected chi connectivity index (χ4v) is 1.86. The molecule has 0 fully saturated rings. The van der Waals surface area contributed by atoms with E-state index in [1.165, 1.54) is 10.9 Å². The van der Waals surface area contributed by atoms with E-state index in [0.29, 0.717) is 0 Å². The number of carbonyl (C=O) groups is 1. The maximum atomic E-state index is 12.0. The summed E-state index contributed by atoms with van der Waals surface area (Å²) in [6.45, 7) is 2.03. The summed E-state index contributed by atoms with van der Waals surface area (Å²) in [4.78, 5) is 15.8. The third-order valence-electron chi connectivity index (χ3n) is 2.96. The monoisotopic (exact) mass is 259 g/mol. The van der Waals surface area contributed by atoms with Gasteiger partial charge in [0.1, 0.15) is 12.1 Å². The standard InChI is InChI=1S/C14H17N3O2/c1-3-13(11-4-6-12(19-2)7-5-11)16-14(18)17-9-8-15-10-17/h4-10,13H,3H2,1-2H3,(H,16,18). The van der Waals surface area contributed by atoms with Gasteiger partial charge in [0.2, 0.25) is 0 Å². The average molecular weight is 259 g/mol. The molecule has 1 heterocycles. The van der Waals surface area contributed by atoms with Gasteiger partial charge in [-0.1, -0.05) is 19.1 Å². The van der Waals surface area contributed by atoms with E-state index in [-0.39, 0.29) is 12.1 Å². The van der Waals surface area contributed by atoms with Crippen molar-refractivity contribution in [3.8, 4) is 5.75 Å². The van der Waals surface area contributed by atoms with Gasteiger partial charge in [0.25, 0.3) is 0 Å². The smallest absolute Gasteiger partial charge is 0.327 e. The largest absolute Gasteiger partial charge is 0.497 e. The summed E-state index contributed by atoms with van der Waals surface area (Å²) >= 11 is 0. The number of carbonyl (C=O) groups excluding carboxylic acids is 1. The number of hydrogen-bond donors (Lipinski definition) is 1. The zero-order valence-electron chi connectivity index (χ0n) is 11.0. The molecule has 0 aliphatic heterocycles. The Kier molecular flexibility index (Phi) is 4.18. The third-order valence-corrected chi connectivity index (χ3v) is 2.96. The van der Waals surface area contributed by atoms with Crippen LogP contribution in [0.25, 0.3) is 0 Å². The number of aromatic nitrogens is 2. The van der Waals surface area contributed by atoms with Gasteiger partial charge in [-0.2, -0.15) is 0 Å². The quantitative estimate of drug-likeness (QED) is 0.918. The SMILES string of the molecule is CCC(NC(=O)n1ccnc1)c1ccc(OC)cc1. The highest BCUT2D eigenvalue weighted by molar-refractivity contribution is 5.76. The molecule has 0 aliphatic carbocycles. The van der Waals surface area contributed by atoms with Gasteiger partial charge in [0.05, 0.1) is 13.2 Å². The summed E-state index contributed by atoms with van der Waals surface area (Å²) in [6, 6.07) is 7.49. The highest BCUT2D eigenvalue weighted by Gasteiger charge is 2.13. The highest BCUT2D eigenvalue weighted by Crippen LogP contribution is 2.20. The molecule has 0 bridgehead atoms. The molecule has 0 saturated carbocycles. The molecule has 1 amide bonds. The minimum absolute atomic E-state index is 0.0270. The minimum atomic E-state index is -0.180. The number of ether oxygens (including phenoxy) is 1. The van der Waals surface area contributed by atoms with Gasteiger partial charge in [0.15, 0.2) is 0 Å². The number of nitrogens with one attached hydrogen (secondary N) is 1. The van der Waals surface area contributed by atoms with Crippen molar-refractivity contribution in [2.45, 2.75) is 19.4 Å². The summed E-state index contributed by atoms with van der Waals surface area (Å²) in [5, 5.41) is 2.97. The predicted molar refractivity (Wildman–Crippen MR) is 72.2 cm³/mol. The molecule has 0 aliphatic rings. The maximum Gasteiger partial charge on any atom is 0.327 e. The van der Waals surface area contributed by atoms with Crippen molar-refractivity contribution in [3.63, 3.8) is 0 Å². The van der Waals surface area contributed by atoms with Crippen LogP contribution in [0.1, 0.15) is 24.9 Å². The molecule has 2 aromatic rings. The van der Waals surface area contributed by atoms with E-state index in [9.17, 15) is 4.79 Å². The summed E-state index contributed by atoms with van der Waals surface area (Å²) in [5.41, 5.74) is 1.05. The van der Waals surface area contributed by atoms with E-state index in [0.717, 1.165) is 17.7 Å². The number of nitrogens with zero attached hydrogens (tertiary/aromatic N) is 2. The van der Waals surface area contributed by atoms with Crippen molar-refractivity contribution >= 4 is 6.03 Å². The van der Waals surface area contributed by atoms with Crippen molar-refractivity contribution in [3.05, 3.63) is 48.5 Å². The van der Waals surface area contributed by atoms with E-state index in [4.69, 9.17) is 4.74 Å². The number of methoxy groups -OCH3 is 1. The first-order valence-electron chi connectivity index (χ1n) is 6.17. The second kappa shape index (κ2) is 6.04. The number of amides is 1. The Hall–Kier alpha value is -2.30. The van der Waals surface area contributed by atoms with Gasteiger partial charge in [-0.3, -0.25) is 4.57 Å². The van der Waals surface area contributed by atoms with E-state index < -0.39 is 0 Å². The molecule has 0 spiro atoms. The van der Waals surface area contributed by atoms with Crippen LogP contribution in [0.4, 0.5) is 4.79 Å². The van der Waals surface area contributed by atoms with E-state index in [2.05, 4.69) is 10.3 Å². The number of hydrogen-bond acceptors (Lipinski definition) is 3. The minimum Gasteiger partial charge on any atom is -0.497 e. The third kappa shape index (κ3) is 3.13. The Morgan fingerprint density at radius 3 is 2.68 bits per heavy atom. The van der Waals surface area contributed by atoms with Gasteiger partial charge in [-0.25, -0.2) is 9.78 Å². The van der Waals surface area contributed by atoms with Crippen LogP contribution in [-0.4, -0.2) is 22.7 Å². The zero-order valence-corrected chi connectivity index (χ0v) is 11.0. The molecule has 19 heavy (non-hydrogen) atoms.